The molecule has 0 atom stereocenters. The topological polar surface area (TPSA) is 106 Å². The summed E-state index contributed by atoms with van der Waals surface area (Å²) in [6, 6.07) is 4.04. The monoisotopic (exact) mass is 441 g/mol. The molecule has 0 aliphatic carbocycles. The van der Waals surface area contributed by atoms with Gasteiger partial charge in [0.15, 0.2) is 0 Å². The van der Waals surface area contributed by atoms with E-state index in [0.717, 1.165) is 24.5 Å². The Balaban J connectivity index is 2.14. The molecular formula is C16H15ClF3NO6S. The molecule has 0 spiro atoms. The molecule has 1 aromatic heterocycles. The number of hydrogen-bond acceptors (Lipinski definition) is 6. The van der Waals surface area contributed by atoms with Crippen LogP contribution < -0.4 is 9.46 Å². The number of halogens is 4. The highest BCUT2D eigenvalue weighted by atomic mass is 35.5. The molecule has 0 unspecified atom stereocenters. The summed E-state index contributed by atoms with van der Waals surface area (Å²) < 4.78 is 71.6. The van der Waals surface area contributed by atoms with Gasteiger partial charge in [-0.2, -0.15) is 8.42 Å². The highest BCUT2D eigenvalue weighted by molar-refractivity contribution is 7.89. The van der Waals surface area contributed by atoms with Crippen LogP contribution in [0.25, 0.3) is 0 Å². The lowest BCUT2D eigenvalue weighted by Gasteiger charge is -2.13. The Labute approximate surface area is 163 Å². The Kier molecular flexibility index (Phi) is 6.02. The minimum Gasteiger partial charge on any atom is -0.451 e. The third kappa shape index (κ3) is 6.14. The Morgan fingerprint density at radius 2 is 1.89 bits per heavy atom. The van der Waals surface area contributed by atoms with Crippen molar-refractivity contribution in [2.75, 3.05) is 0 Å². The number of hydrogen-bond donors (Lipinski definition) is 2. The summed E-state index contributed by atoms with van der Waals surface area (Å²) in [5, 5.41) is 9.09. The molecule has 1 heterocycles. The number of nitrogens with one attached hydrogen (secondary N) is 1. The van der Waals surface area contributed by atoms with Crippen molar-refractivity contribution in [3.63, 3.8) is 0 Å². The largest absolute Gasteiger partial charge is 0.573 e. The van der Waals surface area contributed by atoms with Crippen LogP contribution in [0.5, 0.6) is 5.75 Å². The lowest BCUT2D eigenvalue weighted by molar-refractivity contribution is -0.274. The molecule has 0 bridgehead atoms. The fourth-order valence-electron chi connectivity index (χ4n) is 2.12. The van der Waals surface area contributed by atoms with Crippen molar-refractivity contribution in [3.8, 4) is 5.75 Å². The average molecular weight is 442 g/mol. The van der Waals surface area contributed by atoms with E-state index in [1.807, 2.05) is 0 Å². The Bertz CT molecular complexity index is 979. The zero-order valence-electron chi connectivity index (χ0n) is 14.5. The van der Waals surface area contributed by atoms with Crippen LogP contribution >= 0.6 is 11.6 Å². The molecule has 0 saturated heterocycles. The zero-order valence-corrected chi connectivity index (χ0v) is 16.1. The van der Waals surface area contributed by atoms with E-state index < -0.39 is 45.2 Å². The molecule has 154 valence electrons. The zero-order chi connectivity index (χ0) is 21.3. The lowest BCUT2D eigenvalue weighted by Crippen LogP contribution is -2.31. The number of carbonyl (C=O) groups is 1. The third-order valence-electron chi connectivity index (χ3n) is 3.32. The maximum atomic E-state index is 12.3. The van der Waals surface area contributed by atoms with Gasteiger partial charge in [-0.15, -0.1) is 13.2 Å². The van der Waals surface area contributed by atoms with E-state index in [0.29, 0.717) is 0 Å². The van der Waals surface area contributed by atoms with Crippen LogP contribution in [0.2, 0.25) is 5.02 Å². The molecule has 12 heteroatoms. The number of benzene rings is 1. The van der Waals surface area contributed by atoms with Gasteiger partial charge in [-0.05, 0) is 37.6 Å². The first-order valence-electron chi connectivity index (χ1n) is 7.58. The second-order valence-corrected chi connectivity index (χ2v) is 8.31. The highest BCUT2D eigenvalue weighted by Crippen LogP contribution is 2.27. The summed E-state index contributed by atoms with van der Waals surface area (Å²) in [5.74, 6) is -1.69. The highest BCUT2D eigenvalue weighted by Gasteiger charge is 2.31. The molecule has 1 aromatic carbocycles. The van der Waals surface area contributed by atoms with Gasteiger partial charge >= 0.3 is 6.36 Å². The van der Waals surface area contributed by atoms with Gasteiger partial charge in [0, 0.05) is 16.7 Å². The molecule has 2 aromatic rings. The second kappa shape index (κ2) is 7.64. The molecule has 2 N–H and O–H groups in total. The van der Waals surface area contributed by atoms with Crippen LogP contribution in [-0.2, 0) is 26.8 Å². The third-order valence-corrected chi connectivity index (χ3v) is 4.78. The van der Waals surface area contributed by atoms with Crippen LogP contribution in [-0.4, -0.2) is 25.8 Å². The SMILES string of the molecule is CC(C)(O)c1coc(S(=O)(=O)NC(=O)Cc2cc(Cl)cc(OC(F)(F)F)c2)c1. The van der Waals surface area contributed by atoms with Crippen molar-refractivity contribution in [2.24, 2.45) is 0 Å². The molecule has 0 fully saturated rings. The standard InChI is InChI=1S/C16H15ClF3NO6S/c1-15(2,23)10-6-14(26-8-10)28(24,25)21-13(22)5-9-3-11(17)7-12(4-9)27-16(18,19)20/h3-4,6-8,23H,5H2,1-2H3,(H,21,22). The van der Waals surface area contributed by atoms with Crippen molar-refractivity contribution < 1.29 is 40.6 Å². The number of rotatable bonds is 6. The first kappa shape index (κ1) is 22.1. The van der Waals surface area contributed by atoms with Crippen molar-refractivity contribution in [1.82, 2.24) is 4.72 Å². The predicted octanol–water partition coefficient (Wildman–Crippen LogP) is 3.11. The quantitative estimate of drug-likeness (QED) is 0.713. The molecular weight excluding hydrogens is 427 g/mol. The lowest BCUT2D eigenvalue weighted by atomic mass is 10.0. The summed E-state index contributed by atoms with van der Waals surface area (Å²) in [5.41, 5.74) is -1.20. The van der Waals surface area contributed by atoms with Gasteiger partial charge in [-0.1, -0.05) is 11.6 Å². The van der Waals surface area contributed by atoms with Crippen LogP contribution in [0.4, 0.5) is 13.2 Å². The Morgan fingerprint density at radius 1 is 1.25 bits per heavy atom. The van der Waals surface area contributed by atoms with Gasteiger partial charge in [0.25, 0.3) is 10.0 Å². The van der Waals surface area contributed by atoms with E-state index in [9.17, 15) is 31.5 Å². The van der Waals surface area contributed by atoms with E-state index in [1.165, 1.54) is 19.9 Å². The summed E-state index contributed by atoms with van der Waals surface area (Å²) in [4.78, 5) is 12.0. The minimum absolute atomic E-state index is 0.00363. The minimum atomic E-state index is -4.95. The fourth-order valence-corrected chi connectivity index (χ4v) is 3.29. The summed E-state index contributed by atoms with van der Waals surface area (Å²) in [7, 11) is -4.39. The Morgan fingerprint density at radius 3 is 2.43 bits per heavy atom. The molecule has 0 aliphatic rings. The van der Waals surface area contributed by atoms with Crippen molar-refractivity contribution >= 4 is 27.5 Å². The summed E-state index contributed by atoms with van der Waals surface area (Å²) in [6.07, 6.45) is -4.52. The molecule has 0 radical (unpaired) electrons. The normalized spacial score (nSPS) is 12.7. The average Bonchev–Trinajstić information content (AvgIpc) is 2.93. The van der Waals surface area contributed by atoms with Crippen molar-refractivity contribution in [2.45, 2.75) is 37.3 Å². The van der Waals surface area contributed by atoms with Gasteiger partial charge in [0.1, 0.15) is 5.75 Å². The molecule has 0 saturated carbocycles. The van der Waals surface area contributed by atoms with Gasteiger partial charge in [-0.25, -0.2) is 4.72 Å². The maximum absolute atomic E-state index is 12.3. The Hall–Kier alpha value is -2.24. The first-order valence-corrected chi connectivity index (χ1v) is 9.44. The number of alkyl halides is 3. The van der Waals surface area contributed by atoms with Gasteiger partial charge in [0.2, 0.25) is 11.0 Å². The molecule has 1 amide bonds. The number of ether oxygens (including phenoxy) is 1. The maximum Gasteiger partial charge on any atom is 0.573 e. The van der Waals surface area contributed by atoms with E-state index in [-0.39, 0.29) is 16.1 Å². The first-order chi connectivity index (χ1) is 12.7. The van der Waals surface area contributed by atoms with E-state index in [2.05, 4.69) is 4.74 Å². The summed E-state index contributed by atoms with van der Waals surface area (Å²) in [6.45, 7) is 2.82. The molecule has 7 nitrogen and oxygen atoms in total. The number of aliphatic hydroxyl groups is 1. The number of sulfonamides is 1. The van der Waals surface area contributed by atoms with Gasteiger partial charge < -0.3 is 14.3 Å². The fraction of sp³-hybridized carbons (Fsp3) is 0.312. The smallest absolute Gasteiger partial charge is 0.451 e. The van der Waals surface area contributed by atoms with Gasteiger partial charge in [-0.3, -0.25) is 4.79 Å². The van der Waals surface area contributed by atoms with Crippen molar-refractivity contribution in [1.29, 1.82) is 0 Å². The van der Waals surface area contributed by atoms with Crippen molar-refractivity contribution in [3.05, 3.63) is 46.7 Å². The number of amides is 1. The van der Waals surface area contributed by atoms with E-state index >= 15 is 0 Å². The summed E-state index contributed by atoms with van der Waals surface area (Å²) >= 11 is 5.70. The molecule has 2 rings (SSSR count). The molecule has 28 heavy (non-hydrogen) atoms. The van der Waals surface area contributed by atoms with Crippen LogP contribution in [0.15, 0.2) is 40.0 Å². The number of carbonyl (C=O) groups excluding carboxylic acids is 1. The van der Waals surface area contributed by atoms with E-state index in [4.69, 9.17) is 16.0 Å². The molecule has 0 aliphatic heterocycles. The van der Waals surface area contributed by atoms with E-state index in [1.54, 1.807) is 4.72 Å². The van der Waals surface area contributed by atoms with Crippen LogP contribution in [0, 0.1) is 0 Å². The number of furan rings is 1. The van der Waals surface area contributed by atoms with Gasteiger partial charge in [0.05, 0.1) is 18.3 Å². The predicted molar refractivity (Wildman–Crippen MR) is 91.1 cm³/mol. The second-order valence-electron chi connectivity index (χ2n) is 6.26. The van der Waals surface area contributed by atoms with Crippen LogP contribution in [0.3, 0.4) is 0 Å². The van der Waals surface area contributed by atoms with Crippen LogP contribution in [0.1, 0.15) is 25.0 Å².